The molecule has 6 heteroatoms. The summed E-state index contributed by atoms with van der Waals surface area (Å²) in [7, 11) is 0. The second kappa shape index (κ2) is 5.93. The van der Waals surface area contributed by atoms with Crippen molar-refractivity contribution < 1.29 is 19.4 Å². The van der Waals surface area contributed by atoms with Gasteiger partial charge in [0.1, 0.15) is 11.3 Å². The molecule has 0 radical (unpaired) electrons. The predicted octanol–water partition coefficient (Wildman–Crippen LogP) is 2.33. The van der Waals surface area contributed by atoms with E-state index < -0.39 is 5.97 Å². The fourth-order valence-electron chi connectivity index (χ4n) is 1.39. The van der Waals surface area contributed by atoms with Crippen molar-refractivity contribution >= 4 is 23.5 Å². The number of hydrogen-bond donors (Lipinski definition) is 2. The molecule has 0 unspecified atom stereocenters. The Morgan fingerprint density at radius 2 is 2.00 bits per heavy atom. The highest BCUT2D eigenvalue weighted by molar-refractivity contribution is 6.30. The van der Waals surface area contributed by atoms with E-state index in [4.69, 9.17) is 21.4 Å². The zero-order valence-electron chi connectivity index (χ0n) is 11.0. The molecule has 0 bridgehead atoms. The molecule has 0 saturated heterocycles. The van der Waals surface area contributed by atoms with Crippen LogP contribution >= 0.6 is 11.6 Å². The minimum absolute atomic E-state index is 0.0343. The fraction of sp³-hybridized carbons (Fsp3) is 0.385. The molecule has 0 aliphatic rings. The van der Waals surface area contributed by atoms with Gasteiger partial charge in [-0.1, -0.05) is 11.6 Å². The fourth-order valence-corrected chi connectivity index (χ4v) is 1.55. The number of rotatable bonds is 4. The van der Waals surface area contributed by atoms with Gasteiger partial charge in [0.2, 0.25) is 0 Å². The standard InChI is InChI=1S/C13H16ClNO4/c1-13(2,3)15-11(16)7-19-10-6-8(14)4-5-9(10)12(17)18/h4-6H,7H2,1-3H3,(H,15,16)(H,17,18). The second-order valence-electron chi connectivity index (χ2n) is 5.03. The molecule has 19 heavy (non-hydrogen) atoms. The van der Waals surface area contributed by atoms with Crippen LogP contribution in [0.1, 0.15) is 31.1 Å². The number of amides is 1. The monoisotopic (exact) mass is 285 g/mol. The van der Waals surface area contributed by atoms with Crippen LogP contribution in [-0.4, -0.2) is 29.1 Å². The lowest BCUT2D eigenvalue weighted by atomic mass is 10.1. The first-order chi connectivity index (χ1) is 8.69. The van der Waals surface area contributed by atoms with E-state index in [-0.39, 0.29) is 29.4 Å². The maximum absolute atomic E-state index is 11.6. The van der Waals surface area contributed by atoms with E-state index in [1.807, 2.05) is 20.8 Å². The third-order valence-electron chi connectivity index (χ3n) is 2.05. The number of benzene rings is 1. The molecule has 1 amide bonds. The third-order valence-corrected chi connectivity index (χ3v) is 2.28. The highest BCUT2D eigenvalue weighted by Gasteiger charge is 2.16. The molecule has 104 valence electrons. The van der Waals surface area contributed by atoms with Crippen LogP contribution in [0.2, 0.25) is 5.02 Å². The number of halogens is 1. The van der Waals surface area contributed by atoms with Crippen molar-refractivity contribution in [2.24, 2.45) is 0 Å². The van der Waals surface area contributed by atoms with Gasteiger partial charge in [-0.05, 0) is 39.0 Å². The van der Waals surface area contributed by atoms with Gasteiger partial charge in [-0.15, -0.1) is 0 Å². The highest BCUT2D eigenvalue weighted by Crippen LogP contribution is 2.23. The average Bonchev–Trinajstić information content (AvgIpc) is 2.23. The van der Waals surface area contributed by atoms with Crippen LogP contribution in [0.25, 0.3) is 0 Å². The summed E-state index contributed by atoms with van der Waals surface area (Å²) in [4.78, 5) is 22.6. The van der Waals surface area contributed by atoms with E-state index in [0.717, 1.165) is 0 Å². The van der Waals surface area contributed by atoms with E-state index in [1.165, 1.54) is 18.2 Å². The van der Waals surface area contributed by atoms with Crippen molar-refractivity contribution in [3.05, 3.63) is 28.8 Å². The van der Waals surface area contributed by atoms with Crippen molar-refractivity contribution in [2.75, 3.05) is 6.61 Å². The molecule has 0 atom stereocenters. The molecule has 0 heterocycles. The lowest BCUT2D eigenvalue weighted by Crippen LogP contribution is -2.43. The van der Waals surface area contributed by atoms with E-state index in [9.17, 15) is 9.59 Å². The summed E-state index contributed by atoms with van der Waals surface area (Å²) in [5.41, 5.74) is -0.405. The van der Waals surface area contributed by atoms with Crippen LogP contribution in [0, 0.1) is 0 Å². The molecule has 0 spiro atoms. The Hall–Kier alpha value is -1.75. The van der Waals surface area contributed by atoms with Crippen molar-refractivity contribution in [1.29, 1.82) is 0 Å². The predicted molar refractivity (Wildman–Crippen MR) is 71.8 cm³/mol. The molecular formula is C13H16ClNO4. The Kier molecular flexibility index (Phi) is 4.78. The summed E-state index contributed by atoms with van der Waals surface area (Å²) >= 11 is 5.77. The molecule has 0 fully saturated rings. The minimum atomic E-state index is -1.14. The number of carboxylic acid groups (broad SMARTS) is 1. The van der Waals surface area contributed by atoms with E-state index in [2.05, 4.69) is 5.32 Å². The number of aromatic carboxylic acids is 1. The molecule has 1 rings (SSSR count). The lowest BCUT2D eigenvalue weighted by molar-refractivity contribution is -0.124. The summed E-state index contributed by atoms with van der Waals surface area (Å²) in [6.45, 7) is 5.25. The Bertz CT molecular complexity index is 494. The highest BCUT2D eigenvalue weighted by atomic mass is 35.5. The zero-order chi connectivity index (χ0) is 14.6. The third kappa shape index (κ3) is 5.18. The van der Waals surface area contributed by atoms with Crippen molar-refractivity contribution in [3.8, 4) is 5.75 Å². The van der Waals surface area contributed by atoms with Crippen molar-refractivity contribution in [3.63, 3.8) is 0 Å². The number of hydrogen-bond acceptors (Lipinski definition) is 3. The quantitative estimate of drug-likeness (QED) is 0.890. The normalized spacial score (nSPS) is 10.9. The van der Waals surface area contributed by atoms with Gasteiger partial charge in [0.25, 0.3) is 5.91 Å². The lowest BCUT2D eigenvalue weighted by Gasteiger charge is -2.20. The Labute approximate surface area is 116 Å². The Balaban J connectivity index is 2.75. The number of carbonyl (C=O) groups excluding carboxylic acids is 1. The van der Waals surface area contributed by atoms with Gasteiger partial charge < -0.3 is 15.2 Å². The maximum atomic E-state index is 11.6. The average molecular weight is 286 g/mol. The summed E-state index contributed by atoms with van der Waals surface area (Å²) in [5.74, 6) is -1.39. The van der Waals surface area contributed by atoms with Gasteiger partial charge in [0.05, 0.1) is 0 Å². The first-order valence-electron chi connectivity index (χ1n) is 5.66. The smallest absolute Gasteiger partial charge is 0.339 e. The summed E-state index contributed by atoms with van der Waals surface area (Å²) < 4.78 is 5.21. The Morgan fingerprint density at radius 3 is 2.53 bits per heavy atom. The zero-order valence-corrected chi connectivity index (χ0v) is 11.7. The molecule has 0 aliphatic carbocycles. The first-order valence-corrected chi connectivity index (χ1v) is 6.03. The molecule has 0 aliphatic heterocycles. The largest absolute Gasteiger partial charge is 0.483 e. The first kappa shape index (κ1) is 15.3. The van der Waals surface area contributed by atoms with Gasteiger partial charge in [-0.2, -0.15) is 0 Å². The Morgan fingerprint density at radius 1 is 1.37 bits per heavy atom. The molecule has 5 nitrogen and oxygen atoms in total. The van der Waals surface area contributed by atoms with Gasteiger partial charge in [-0.25, -0.2) is 4.79 Å². The molecule has 2 N–H and O–H groups in total. The topological polar surface area (TPSA) is 75.6 Å². The van der Waals surface area contributed by atoms with Crippen LogP contribution in [0.5, 0.6) is 5.75 Å². The maximum Gasteiger partial charge on any atom is 0.339 e. The van der Waals surface area contributed by atoms with Crippen LogP contribution in [0.15, 0.2) is 18.2 Å². The molecular weight excluding hydrogens is 270 g/mol. The van der Waals surface area contributed by atoms with Gasteiger partial charge in [0.15, 0.2) is 6.61 Å². The molecule has 0 saturated carbocycles. The summed E-state index contributed by atoms with van der Waals surface area (Å²) in [6.07, 6.45) is 0. The molecule has 1 aromatic rings. The minimum Gasteiger partial charge on any atom is -0.483 e. The number of carboxylic acids is 1. The van der Waals surface area contributed by atoms with Crippen LogP contribution < -0.4 is 10.1 Å². The number of nitrogens with one attached hydrogen (secondary N) is 1. The van der Waals surface area contributed by atoms with E-state index in [0.29, 0.717) is 5.02 Å². The van der Waals surface area contributed by atoms with Gasteiger partial charge in [0, 0.05) is 10.6 Å². The van der Waals surface area contributed by atoms with Crippen LogP contribution in [0.4, 0.5) is 0 Å². The van der Waals surface area contributed by atoms with Crippen LogP contribution in [0.3, 0.4) is 0 Å². The number of ether oxygens (including phenoxy) is 1. The summed E-state index contributed by atoms with van der Waals surface area (Å²) in [5, 5.41) is 12.0. The molecule has 0 aromatic heterocycles. The SMILES string of the molecule is CC(C)(C)NC(=O)COc1cc(Cl)ccc1C(=O)O. The van der Waals surface area contributed by atoms with E-state index in [1.54, 1.807) is 0 Å². The van der Waals surface area contributed by atoms with Crippen molar-refractivity contribution in [1.82, 2.24) is 5.32 Å². The number of carbonyl (C=O) groups is 2. The summed E-state index contributed by atoms with van der Waals surface area (Å²) in [6, 6.07) is 4.16. The van der Waals surface area contributed by atoms with E-state index >= 15 is 0 Å². The molecule has 1 aromatic carbocycles. The van der Waals surface area contributed by atoms with Crippen LogP contribution in [-0.2, 0) is 4.79 Å². The van der Waals surface area contributed by atoms with Gasteiger partial charge in [-0.3, -0.25) is 4.79 Å². The van der Waals surface area contributed by atoms with Crippen molar-refractivity contribution in [2.45, 2.75) is 26.3 Å². The van der Waals surface area contributed by atoms with Gasteiger partial charge >= 0.3 is 5.97 Å². The second-order valence-corrected chi connectivity index (χ2v) is 5.47.